The second kappa shape index (κ2) is 8.26. The van der Waals surface area contributed by atoms with E-state index in [1.807, 2.05) is 0 Å². The Bertz CT molecular complexity index is 844. The number of anilines is 1. The number of nitrogens with one attached hydrogen (secondary N) is 1. The van der Waals surface area contributed by atoms with Crippen LogP contribution in [-0.4, -0.2) is 76.8 Å². The summed E-state index contributed by atoms with van der Waals surface area (Å²) in [6.45, 7) is -1.58. The number of nitrogens with zero attached hydrogens (tertiary/aromatic N) is 2. The van der Waals surface area contributed by atoms with E-state index in [4.69, 9.17) is 21.3 Å². The fourth-order valence-corrected chi connectivity index (χ4v) is 2.95. The van der Waals surface area contributed by atoms with Crippen molar-refractivity contribution in [1.29, 1.82) is 0 Å². The van der Waals surface area contributed by atoms with E-state index in [2.05, 4.69) is 9.17 Å². The zero-order valence-corrected chi connectivity index (χ0v) is 14.5. The number of aliphatic hydroxyl groups excluding tert-OH is 3. The maximum Gasteiger partial charge on any atom is 0.362 e. The molecule has 0 saturated carbocycles. The van der Waals surface area contributed by atoms with Crippen molar-refractivity contribution in [1.82, 2.24) is 14.3 Å². The number of hydrogen-bond acceptors (Lipinski definition) is 12. The van der Waals surface area contributed by atoms with Crippen LogP contribution in [0.2, 0.25) is 0 Å². The molecule has 1 amide bonds. The van der Waals surface area contributed by atoms with Gasteiger partial charge in [-0.3, -0.25) is 13.5 Å². The molecule has 1 aliphatic rings. The van der Waals surface area contributed by atoms with Crippen molar-refractivity contribution in [3.8, 4) is 0 Å². The summed E-state index contributed by atoms with van der Waals surface area (Å²) in [5, 5.41) is 28.7. The van der Waals surface area contributed by atoms with Crippen LogP contribution in [0.25, 0.3) is 0 Å². The largest absolute Gasteiger partial charge is 0.394 e. The van der Waals surface area contributed by atoms with Crippen LogP contribution in [0.1, 0.15) is 6.23 Å². The lowest BCUT2D eigenvalue weighted by Gasteiger charge is -2.17. The van der Waals surface area contributed by atoms with Crippen molar-refractivity contribution in [3.63, 3.8) is 0 Å². The molecule has 8 N–H and O–H groups in total. The van der Waals surface area contributed by atoms with Gasteiger partial charge in [-0.05, 0) is 6.07 Å². The highest BCUT2D eigenvalue weighted by Crippen LogP contribution is 2.28. The average Bonchev–Trinajstić information content (AvgIpc) is 2.87. The molecule has 2 rings (SSSR count). The Labute approximate surface area is 152 Å². The summed E-state index contributed by atoms with van der Waals surface area (Å²) in [5.41, 5.74) is 9.67. The zero-order chi connectivity index (χ0) is 20.4. The molecule has 2 heterocycles. The van der Waals surface area contributed by atoms with Crippen LogP contribution in [-0.2, 0) is 24.0 Å². The number of carbonyl (C=O) groups excluding carboxylic acids is 1. The van der Waals surface area contributed by atoms with Crippen molar-refractivity contribution in [2.75, 3.05) is 18.9 Å². The highest BCUT2D eigenvalue weighted by molar-refractivity contribution is 7.85. The molecule has 0 radical (unpaired) electrons. The van der Waals surface area contributed by atoms with Crippen LogP contribution in [0.4, 0.5) is 5.82 Å². The van der Waals surface area contributed by atoms with Crippen LogP contribution >= 0.6 is 0 Å². The van der Waals surface area contributed by atoms with Gasteiger partial charge in [0.15, 0.2) is 6.23 Å². The standard InChI is InChI=1S/C12H19N5O9S/c13-5(3-18)10(21)16-27(23,24)25-4-6-8(19)9(20)11(26-6)17-2-1-7(14)15-12(17)22/h1-2,5-6,8-9,11,18-20H,3-4,13H2,(H,16,21)(H2,14,15,22)/t5-,6+,8+,9+,11+/m0/s1. The first-order valence-electron chi connectivity index (χ1n) is 7.49. The summed E-state index contributed by atoms with van der Waals surface area (Å²) in [4.78, 5) is 26.6. The molecule has 5 atom stereocenters. The van der Waals surface area contributed by atoms with E-state index in [9.17, 15) is 28.2 Å². The van der Waals surface area contributed by atoms with Gasteiger partial charge in [-0.2, -0.15) is 13.4 Å². The fraction of sp³-hybridized carbons (Fsp3) is 0.583. The first-order chi connectivity index (χ1) is 12.6. The number of carbonyl (C=O) groups is 1. The van der Waals surface area contributed by atoms with Crippen molar-refractivity contribution in [2.24, 2.45) is 5.73 Å². The summed E-state index contributed by atoms with van der Waals surface area (Å²) in [7, 11) is -4.62. The Morgan fingerprint density at radius 1 is 1.44 bits per heavy atom. The molecule has 0 bridgehead atoms. The second-order valence-electron chi connectivity index (χ2n) is 5.58. The van der Waals surface area contributed by atoms with E-state index in [0.29, 0.717) is 0 Å². The van der Waals surface area contributed by atoms with Gasteiger partial charge >= 0.3 is 16.0 Å². The lowest BCUT2D eigenvalue weighted by Crippen LogP contribution is -2.46. The summed E-state index contributed by atoms with van der Waals surface area (Å²) in [5.74, 6) is -1.27. The minimum Gasteiger partial charge on any atom is -0.394 e. The number of nitrogens with two attached hydrogens (primary N) is 2. The fourth-order valence-electron chi connectivity index (χ4n) is 2.18. The van der Waals surface area contributed by atoms with E-state index in [0.717, 1.165) is 4.57 Å². The predicted octanol–water partition coefficient (Wildman–Crippen LogP) is -4.86. The summed E-state index contributed by atoms with van der Waals surface area (Å²) in [6.07, 6.45) is -4.74. The Morgan fingerprint density at radius 2 is 2.11 bits per heavy atom. The SMILES string of the molecule is Nc1ccn([C@@H]2O[C@H](COS(=O)(=O)NC(=O)[C@@H](N)CO)[C@@H](O)[C@H]2O)c(=O)n1. The van der Waals surface area contributed by atoms with Crippen LogP contribution < -0.4 is 21.9 Å². The lowest BCUT2D eigenvalue weighted by atomic mass is 10.1. The third kappa shape index (κ3) is 4.98. The van der Waals surface area contributed by atoms with Crippen molar-refractivity contribution >= 4 is 22.0 Å². The number of amides is 1. The molecule has 1 aliphatic heterocycles. The number of ether oxygens (including phenoxy) is 1. The molecule has 0 unspecified atom stereocenters. The third-order valence-corrected chi connectivity index (χ3v) is 4.51. The molecule has 0 aromatic carbocycles. The maximum atomic E-state index is 11.8. The average molecular weight is 409 g/mol. The van der Waals surface area contributed by atoms with Crippen molar-refractivity contribution in [3.05, 3.63) is 22.7 Å². The molecular weight excluding hydrogens is 390 g/mol. The van der Waals surface area contributed by atoms with E-state index < -0.39 is 65.7 Å². The molecule has 1 fully saturated rings. The zero-order valence-electron chi connectivity index (χ0n) is 13.7. The number of rotatable bonds is 7. The Kier molecular flexibility index (Phi) is 6.47. The van der Waals surface area contributed by atoms with E-state index in [1.54, 1.807) is 0 Å². The minimum atomic E-state index is -4.62. The first kappa shape index (κ1) is 21.2. The first-order valence-corrected chi connectivity index (χ1v) is 8.90. The van der Waals surface area contributed by atoms with E-state index >= 15 is 0 Å². The molecule has 1 aromatic rings. The molecule has 0 aliphatic carbocycles. The molecule has 14 nitrogen and oxygen atoms in total. The topological polar surface area (TPSA) is 229 Å². The lowest BCUT2D eigenvalue weighted by molar-refractivity contribution is -0.121. The van der Waals surface area contributed by atoms with Gasteiger partial charge in [0, 0.05) is 6.20 Å². The van der Waals surface area contributed by atoms with Gasteiger partial charge in [-0.15, -0.1) is 0 Å². The van der Waals surface area contributed by atoms with E-state index in [-0.39, 0.29) is 5.82 Å². The van der Waals surface area contributed by atoms with Crippen molar-refractivity contribution in [2.45, 2.75) is 30.6 Å². The quantitative estimate of drug-likeness (QED) is 0.249. The van der Waals surface area contributed by atoms with Gasteiger partial charge in [0.2, 0.25) is 0 Å². The minimum absolute atomic E-state index is 0.0629. The predicted molar refractivity (Wildman–Crippen MR) is 86.9 cm³/mol. The van der Waals surface area contributed by atoms with Crippen LogP contribution in [0.3, 0.4) is 0 Å². The smallest absolute Gasteiger partial charge is 0.362 e. The molecule has 152 valence electrons. The molecule has 27 heavy (non-hydrogen) atoms. The van der Waals surface area contributed by atoms with Gasteiger partial charge in [0.1, 0.15) is 30.2 Å². The summed E-state index contributed by atoms with van der Waals surface area (Å²) < 4.78 is 35.5. The Hall–Kier alpha value is -2.14. The molecule has 0 spiro atoms. The van der Waals surface area contributed by atoms with Crippen molar-refractivity contribution < 1.29 is 37.5 Å². The van der Waals surface area contributed by atoms with E-state index in [1.165, 1.54) is 17.0 Å². The van der Waals surface area contributed by atoms with Gasteiger partial charge in [0.05, 0.1) is 13.2 Å². The highest BCUT2D eigenvalue weighted by atomic mass is 32.2. The van der Waals surface area contributed by atoms with Gasteiger partial charge in [-0.1, -0.05) is 0 Å². The molecule has 1 aromatic heterocycles. The number of nitrogen functional groups attached to an aromatic ring is 1. The summed E-state index contributed by atoms with van der Waals surface area (Å²) >= 11 is 0. The van der Waals surface area contributed by atoms with Gasteiger partial charge in [-0.25, -0.2) is 9.52 Å². The third-order valence-electron chi connectivity index (χ3n) is 3.61. The van der Waals surface area contributed by atoms with Crippen LogP contribution in [0.5, 0.6) is 0 Å². The maximum absolute atomic E-state index is 11.8. The molecule has 15 heteroatoms. The highest BCUT2D eigenvalue weighted by Gasteiger charge is 2.45. The Balaban J connectivity index is 2.03. The number of aromatic nitrogens is 2. The molecular formula is C12H19N5O9S. The van der Waals surface area contributed by atoms with Crippen LogP contribution in [0.15, 0.2) is 17.1 Å². The Morgan fingerprint density at radius 3 is 2.70 bits per heavy atom. The second-order valence-corrected chi connectivity index (χ2v) is 6.93. The van der Waals surface area contributed by atoms with Crippen LogP contribution in [0, 0.1) is 0 Å². The summed E-state index contributed by atoms with van der Waals surface area (Å²) in [6, 6.07) is -0.217. The molecule has 1 saturated heterocycles. The van der Waals surface area contributed by atoms with Gasteiger partial charge < -0.3 is 31.5 Å². The number of hydrogen-bond donors (Lipinski definition) is 6. The monoisotopic (exact) mass is 409 g/mol. The number of aliphatic hydroxyl groups is 3. The van der Waals surface area contributed by atoms with Gasteiger partial charge in [0.25, 0.3) is 5.91 Å². The normalized spacial score (nSPS) is 26.7.